The maximum absolute atomic E-state index is 13.9. The van der Waals surface area contributed by atoms with Crippen LogP contribution in [-0.4, -0.2) is 51.8 Å². The second-order valence-electron chi connectivity index (χ2n) is 6.73. The number of aliphatic imine (C=N–C) groups is 1. The topological polar surface area (TPSA) is 86.7 Å². The molecule has 1 aromatic heterocycles. The van der Waals surface area contributed by atoms with E-state index in [0.29, 0.717) is 29.8 Å². The maximum Gasteiger partial charge on any atom is 0.191 e. The number of hydrogen-bond acceptors (Lipinski definition) is 5. The summed E-state index contributed by atoms with van der Waals surface area (Å²) in [6, 6.07) is 9.87. The number of benzene rings is 1. The molecule has 1 aliphatic heterocycles. The van der Waals surface area contributed by atoms with Crippen molar-refractivity contribution in [3.05, 3.63) is 54.0 Å². The highest BCUT2D eigenvalue weighted by Crippen LogP contribution is 2.20. The molecule has 0 amide bonds. The van der Waals surface area contributed by atoms with E-state index in [1.165, 1.54) is 12.3 Å². The van der Waals surface area contributed by atoms with Crippen molar-refractivity contribution < 1.29 is 12.8 Å². The van der Waals surface area contributed by atoms with Crippen LogP contribution in [0.5, 0.6) is 0 Å². The molecule has 0 spiro atoms. The van der Waals surface area contributed by atoms with Crippen molar-refractivity contribution in [2.75, 3.05) is 31.3 Å². The van der Waals surface area contributed by atoms with Crippen LogP contribution >= 0.6 is 0 Å². The Morgan fingerprint density at radius 3 is 2.71 bits per heavy atom. The van der Waals surface area contributed by atoms with E-state index < -0.39 is 9.84 Å². The van der Waals surface area contributed by atoms with Crippen molar-refractivity contribution in [3.8, 4) is 0 Å². The van der Waals surface area contributed by atoms with Gasteiger partial charge in [0.25, 0.3) is 0 Å². The molecule has 0 radical (unpaired) electrons. The lowest BCUT2D eigenvalue weighted by atomic mass is 10.2. The van der Waals surface area contributed by atoms with Crippen molar-refractivity contribution in [1.82, 2.24) is 15.6 Å². The molecule has 2 heterocycles. The van der Waals surface area contributed by atoms with Crippen LogP contribution < -0.4 is 15.5 Å². The van der Waals surface area contributed by atoms with Crippen LogP contribution in [0.15, 0.2) is 52.5 Å². The highest BCUT2D eigenvalue weighted by Gasteiger charge is 2.25. The van der Waals surface area contributed by atoms with E-state index in [9.17, 15) is 12.8 Å². The number of guanidine groups is 1. The van der Waals surface area contributed by atoms with Gasteiger partial charge in [0.05, 0.1) is 4.90 Å². The molecule has 1 saturated heterocycles. The van der Waals surface area contributed by atoms with Crippen LogP contribution in [0.25, 0.3) is 0 Å². The number of anilines is 1. The summed E-state index contributed by atoms with van der Waals surface area (Å²) in [5.74, 6) is 0.699. The second kappa shape index (κ2) is 8.55. The fourth-order valence-electron chi connectivity index (χ4n) is 3.11. The van der Waals surface area contributed by atoms with Crippen molar-refractivity contribution in [3.63, 3.8) is 0 Å². The Hall–Kier alpha value is -2.68. The minimum atomic E-state index is -3.20. The molecule has 1 aromatic carbocycles. The molecule has 0 bridgehead atoms. The van der Waals surface area contributed by atoms with Crippen LogP contribution in [0, 0.1) is 5.82 Å². The minimum absolute atomic E-state index is 0.125. The first-order chi connectivity index (χ1) is 13.4. The van der Waals surface area contributed by atoms with E-state index >= 15 is 0 Å². The molecule has 28 heavy (non-hydrogen) atoms. The van der Waals surface area contributed by atoms with Gasteiger partial charge in [0, 0.05) is 45.2 Å². The number of sulfone groups is 1. The van der Waals surface area contributed by atoms with E-state index in [1.54, 1.807) is 43.6 Å². The summed E-state index contributed by atoms with van der Waals surface area (Å²) < 4.78 is 37.0. The molecular formula is C19H24FN5O2S. The summed E-state index contributed by atoms with van der Waals surface area (Å²) in [5.41, 5.74) is 0.943. The van der Waals surface area contributed by atoms with Crippen LogP contribution in [0.3, 0.4) is 0 Å². The second-order valence-corrected chi connectivity index (χ2v) is 8.74. The van der Waals surface area contributed by atoms with Gasteiger partial charge in [-0.3, -0.25) is 4.99 Å². The molecule has 2 aromatic rings. The Labute approximate surface area is 164 Å². The fourth-order valence-corrected chi connectivity index (χ4v) is 3.74. The predicted octanol–water partition coefficient (Wildman–Crippen LogP) is 1.57. The molecular weight excluding hydrogens is 381 g/mol. The Bertz CT molecular complexity index is 947. The number of hydrogen-bond donors (Lipinski definition) is 2. The lowest BCUT2D eigenvalue weighted by Crippen LogP contribution is -2.44. The van der Waals surface area contributed by atoms with Gasteiger partial charge in [-0.2, -0.15) is 0 Å². The molecule has 9 heteroatoms. The third kappa shape index (κ3) is 4.98. The molecule has 0 aliphatic carbocycles. The van der Waals surface area contributed by atoms with Gasteiger partial charge in [0.2, 0.25) is 0 Å². The first kappa shape index (κ1) is 20.1. The summed E-state index contributed by atoms with van der Waals surface area (Å²) in [7, 11) is -1.51. The summed E-state index contributed by atoms with van der Waals surface area (Å²) in [4.78, 5) is 10.6. The number of halogens is 1. The molecule has 1 fully saturated rings. The molecule has 1 aliphatic rings. The number of nitrogens with one attached hydrogen (secondary N) is 2. The molecule has 150 valence electrons. The molecule has 3 rings (SSSR count). The van der Waals surface area contributed by atoms with Crippen LogP contribution in [-0.2, 0) is 16.4 Å². The highest BCUT2D eigenvalue weighted by atomic mass is 32.2. The smallest absolute Gasteiger partial charge is 0.191 e. The largest absolute Gasteiger partial charge is 0.352 e. The van der Waals surface area contributed by atoms with Gasteiger partial charge in [0.1, 0.15) is 0 Å². The normalized spacial score (nSPS) is 17.6. The molecule has 2 N–H and O–H groups in total. The average molecular weight is 405 g/mol. The zero-order valence-electron chi connectivity index (χ0n) is 15.9. The molecule has 0 saturated carbocycles. The highest BCUT2D eigenvalue weighted by molar-refractivity contribution is 7.90. The lowest BCUT2D eigenvalue weighted by Gasteiger charge is -2.20. The zero-order chi connectivity index (χ0) is 20.1. The Kier molecular flexibility index (Phi) is 6.13. The Morgan fingerprint density at radius 1 is 1.32 bits per heavy atom. The van der Waals surface area contributed by atoms with Gasteiger partial charge >= 0.3 is 0 Å². The quantitative estimate of drug-likeness (QED) is 0.580. The molecule has 1 unspecified atom stereocenters. The summed E-state index contributed by atoms with van der Waals surface area (Å²) >= 11 is 0. The van der Waals surface area contributed by atoms with Crippen LogP contribution in [0.2, 0.25) is 0 Å². The van der Waals surface area contributed by atoms with E-state index in [2.05, 4.69) is 20.6 Å². The third-order valence-electron chi connectivity index (χ3n) is 4.60. The SMILES string of the molecule is CN=C(NCc1ccc(S(C)(=O)=O)cc1)NC1CCN(c2ncccc2F)C1. The Morgan fingerprint density at radius 2 is 2.07 bits per heavy atom. The monoisotopic (exact) mass is 405 g/mol. The average Bonchev–Trinajstić information content (AvgIpc) is 3.13. The van der Waals surface area contributed by atoms with Crippen LogP contribution in [0.4, 0.5) is 10.2 Å². The van der Waals surface area contributed by atoms with E-state index in [0.717, 1.165) is 18.5 Å². The maximum atomic E-state index is 13.9. The van der Waals surface area contributed by atoms with Gasteiger partial charge in [-0.05, 0) is 36.2 Å². The molecule has 7 nitrogen and oxygen atoms in total. The third-order valence-corrected chi connectivity index (χ3v) is 5.73. The van der Waals surface area contributed by atoms with Gasteiger partial charge in [-0.25, -0.2) is 17.8 Å². The van der Waals surface area contributed by atoms with Gasteiger partial charge in [-0.15, -0.1) is 0 Å². The predicted molar refractivity (Wildman–Crippen MR) is 108 cm³/mol. The van der Waals surface area contributed by atoms with Crippen molar-refractivity contribution in [2.45, 2.75) is 23.9 Å². The number of rotatable bonds is 5. The van der Waals surface area contributed by atoms with Crippen molar-refractivity contribution in [2.24, 2.45) is 4.99 Å². The van der Waals surface area contributed by atoms with Crippen molar-refractivity contribution >= 4 is 21.6 Å². The Balaban J connectivity index is 1.53. The number of pyridine rings is 1. The fraction of sp³-hybridized carbons (Fsp3) is 0.368. The summed E-state index contributed by atoms with van der Waals surface area (Å²) in [6.07, 6.45) is 3.63. The first-order valence-corrected chi connectivity index (χ1v) is 10.9. The number of nitrogens with zero attached hydrogens (tertiary/aromatic N) is 3. The van der Waals surface area contributed by atoms with E-state index in [1.807, 2.05) is 4.90 Å². The van der Waals surface area contributed by atoms with Crippen LogP contribution in [0.1, 0.15) is 12.0 Å². The molecule has 1 atom stereocenters. The van der Waals surface area contributed by atoms with Gasteiger partial charge in [-0.1, -0.05) is 12.1 Å². The first-order valence-electron chi connectivity index (χ1n) is 8.98. The van der Waals surface area contributed by atoms with Gasteiger partial charge < -0.3 is 15.5 Å². The minimum Gasteiger partial charge on any atom is -0.352 e. The van der Waals surface area contributed by atoms with E-state index in [4.69, 9.17) is 0 Å². The lowest BCUT2D eigenvalue weighted by molar-refractivity contribution is 0.601. The summed E-state index contributed by atoms with van der Waals surface area (Å²) in [5, 5.41) is 6.56. The van der Waals surface area contributed by atoms with E-state index in [-0.39, 0.29) is 11.9 Å². The zero-order valence-corrected chi connectivity index (χ0v) is 16.7. The van der Waals surface area contributed by atoms with Gasteiger partial charge in [0.15, 0.2) is 27.4 Å². The standard InChI is InChI=1S/C19H24FN5O2S/c1-21-19(23-12-14-5-7-16(8-6-14)28(2,26)27)24-15-9-11-25(13-15)18-17(20)4-3-10-22-18/h3-8,10,15H,9,11-13H2,1-2H3,(H2,21,23,24). The number of aromatic nitrogens is 1. The summed E-state index contributed by atoms with van der Waals surface area (Å²) in [6.45, 7) is 1.86. The van der Waals surface area contributed by atoms with Crippen molar-refractivity contribution in [1.29, 1.82) is 0 Å².